The Balaban J connectivity index is 1.57. The number of allylic oxidation sites excluding steroid dienone is 4. The van der Waals surface area contributed by atoms with Crippen molar-refractivity contribution < 1.29 is 40.4 Å². The van der Waals surface area contributed by atoms with E-state index in [0.29, 0.717) is 29.5 Å². The van der Waals surface area contributed by atoms with Crippen molar-refractivity contribution in [1.82, 2.24) is 15.4 Å². The van der Waals surface area contributed by atoms with Crippen LogP contribution < -0.4 is 5.32 Å². The predicted octanol–water partition coefficient (Wildman–Crippen LogP) is 6.07. The van der Waals surface area contributed by atoms with E-state index in [9.17, 15) is 31.1 Å². The van der Waals surface area contributed by atoms with Crippen molar-refractivity contribution in [2.75, 3.05) is 13.2 Å². The van der Waals surface area contributed by atoms with Gasteiger partial charge in [-0.05, 0) is 31.9 Å². The molecule has 2 atom stereocenters. The summed E-state index contributed by atoms with van der Waals surface area (Å²) < 4.78 is 90.7. The number of benzene rings is 1. The molecule has 1 aliphatic heterocycles. The molecule has 2 amide bonds. The molecule has 0 radical (unpaired) electrons. The highest BCUT2D eigenvalue weighted by molar-refractivity contribution is 5.76. The summed E-state index contributed by atoms with van der Waals surface area (Å²) in [5.41, 5.74) is -0.554. The van der Waals surface area contributed by atoms with Crippen LogP contribution in [-0.4, -0.2) is 41.6 Å². The summed E-state index contributed by atoms with van der Waals surface area (Å²) in [6, 6.07) is 8.20. The lowest BCUT2D eigenvalue weighted by Crippen LogP contribution is -2.59. The smallest absolute Gasteiger partial charge is 0.416 e. The molecular weight excluding hydrogens is 504 g/mol. The number of nitrogens with zero attached hydrogens (tertiary/aromatic N) is 2. The highest BCUT2D eigenvalue weighted by Crippen LogP contribution is 2.41. The van der Waals surface area contributed by atoms with Crippen molar-refractivity contribution in [3.63, 3.8) is 0 Å². The summed E-state index contributed by atoms with van der Waals surface area (Å²) in [7, 11) is 0. The number of alkyl halides is 6. The molecule has 0 spiro atoms. The van der Waals surface area contributed by atoms with E-state index in [1.54, 1.807) is 44.2 Å². The van der Waals surface area contributed by atoms with Gasteiger partial charge in [-0.3, -0.25) is 0 Å². The second-order valence-electron chi connectivity index (χ2n) is 9.22. The van der Waals surface area contributed by atoms with Gasteiger partial charge < -0.3 is 19.5 Å². The molecule has 1 aromatic heterocycles. The van der Waals surface area contributed by atoms with Crippen LogP contribution in [-0.2, 0) is 16.8 Å². The second kappa shape index (κ2) is 9.79. The first-order chi connectivity index (χ1) is 17.3. The molecule has 0 bridgehead atoms. The van der Waals surface area contributed by atoms with Crippen LogP contribution in [0.2, 0.25) is 0 Å². The number of halogens is 6. The third kappa shape index (κ3) is 5.78. The molecular formula is C25H25F6N3O3. The van der Waals surface area contributed by atoms with Gasteiger partial charge >= 0.3 is 18.4 Å². The van der Waals surface area contributed by atoms with Gasteiger partial charge in [-0.15, -0.1) is 0 Å². The van der Waals surface area contributed by atoms with Gasteiger partial charge in [-0.1, -0.05) is 41.6 Å². The van der Waals surface area contributed by atoms with Crippen molar-refractivity contribution >= 4 is 6.03 Å². The Morgan fingerprint density at radius 1 is 1.16 bits per heavy atom. The Hall–Kier alpha value is -3.44. The zero-order chi connectivity index (χ0) is 27.0. The molecule has 2 heterocycles. The fourth-order valence-electron chi connectivity index (χ4n) is 4.48. The van der Waals surface area contributed by atoms with E-state index in [2.05, 4.69) is 10.5 Å². The number of hydrogen-bond donors (Lipinski definition) is 1. The van der Waals surface area contributed by atoms with E-state index in [-0.39, 0.29) is 25.8 Å². The summed E-state index contributed by atoms with van der Waals surface area (Å²) in [4.78, 5) is 14.7. The first kappa shape index (κ1) is 26.6. The topological polar surface area (TPSA) is 67.6 Å². The zero-order valence-electron chi connectivity index (χ0n) is 20.0. The SMILES string of the molecule is Cc1noc(C)c1CN1CCC(COC2=CC(C(F)(F)F)=CC(C(F)(F)F)C2)(c2ccccc2)NC1=O. The van der Waals surface area contributed by atoms with Crippen LogP contribution in [0.3, 0.4) is 0 Å². The molecule has 0 saturated carbocycles. The average Bonchev–Trinajstić information content (AvgIpc) is 3.15. The van der Waals surface area contributed by atoms with Crippen LogP contribution in [0.15, 0.2) is 58.3 Å². The number of rotatable bonds is 6. The van der Waals surface area contributed by atoms with Crippen molar-refractivity contribution in [3.8, 4) is 0 Å². The lowest BCUT2D eigenvalue weighted by molar-refractivity contribution is -0.164. The number of urea groups is 1. The minimum absolute atomic E-state index is 0.175. The Morgan fingerprint density at radius 2 is 1.86 bits per heavy atom. The maximum atomic E-state index is 13.3. The summed E-state index contributed by atoms with van der Waals surface area (Å²) in [5, 5.41) is 6.78. The molecule has 2 aliphatic rings. The minimum atomic E-state index is -4.96. The van der Waals surface area contributed by atoms with Gasteiger partial charge in [0.05, 0.1) is 29.5 Å². The number of aromatic nitrogens is 1. The van der Waals surface area contributed by atoms with Crippen LogP contribution >= 0.6 is 0 Å². The number of amides is 2. The van der Waals surface area contributed by atoms with Gasteiger partial charge in [-0.2, -0.15) is 26.3 Å². The van der Waals surface area contributed by atoms with E-state index in [0.717, 1.165) is 5.56 Å². The maximum absolute atomic E-state index is 13.3. The largest absolute Gasteiger partial charge is 0.495 e. The lowest BCUT2D eigenvalue weighted by atomic mass is 9.85. The van der Waals surface area contributed by atoms with Gasteiger partial charge in [0.25, 0.3) is 0 Å². The summed E-state index contributed by atoms with van der Waals surface area (Å²) in [5.74, 6) is -2.20. The van der Waals surface area contributed by atoms with Crippen LogP contribution in [0.4, 0.5) is 31.1 Å². The molecule has 200 valence electrons. The summed E-state index contributed by atoms with van der Waals surface area (Å²) >= 11 is 0. The summed E-state index contributed by atoms with van der Waals surface area (Å²) in [6.07, 6.45) is -9.53. The van der Waals surface area contributed by atoms with Crippen molar-refractivity contribution in [3.05, 3.63) is 76.4 Å². The van der Waals surface area contributed by atoms with Crippen molar-refractivity contribution in [2.45, 2.75) is 51.1 Å². The van der Waals surface area contributed by atoms with Gasteiger partial charge in [0.15, 0.2) is 0 Å². The Morgan fingerprint density at radius 3 is 2.43 bits per heavy atom. The monoisotopic (exact) mass is 529 g/mol. The first-order valence-electron chi connectivity index (χ1n) is 11.5. The quantitative estimate of drug-likeness (QED) is 0.461. The van der Waals surface area contributed by atoms with Crippen LogP contribution in [0.1, 0.15) is 35.4 Å². The molecule has 1 saturated heterocycles. The molecule has 2 unspecified atom stereocenters. The van der Waals surface area contributed by atoms with Gasteiger partial charge in [-0.25, -0.2) is 4.79 Å². The van der Waals surface area contributed by atoms with Crippen LogP contribution in [0.25, 0.3) is 0 Å². The molecule has 1 aromatic carbocycles. The zero-order valence-corrected chi connectivity index (χ0v) is 20.0. The molecule has 12 heteroatoms. The Labute approximate surface area is 208 Å². The van der Waals surface area contributed by atoms with Crippen molar-refractivity contribution in [1.29, 1.82) is 0 Å². The normalized spacial score (nSPS) is 22.9. The number of hydrogen-bond acceptors (Lipinski definition) is 4. The Kier molecular flexibility index (Phi) is 7.04. The van der Waals surface area contributed by atoms with Gasteiger partial charge in [0, 0.05) is 18.5 Å². The lowest BCUT2D eigenvalue weighted by Gasteiger charge is -2.43. The Bertz CT molecular complexity index is 1180. The van der Waals surface area contributed by atoms with Crippen molar-refractivity contribution in [2.24, 2.45) is 5.92 Å². The van der Waals surface area contributed by atoms with Crippen LogP contribution in [0, 0.1) is 19.8 Å². The number of ether oxygens (including phenoxy) is 1. The highest BCUT2D eigenvalue weighted by Gasteiger charge is 2.46. The van der Waals surface area contributed by atoms with E-state index < -0.39 is 47.6 Å². The third-order valence-electron chi connectivity index (χ3n) is 6.67. The fraction of sp³-hybridized carbons (Fsp3) is 0.440. The van der Waals surface area contributed by atoms with Gasteiger partial charge in [0.2, 0.25) is 0 Å². The fourth-order valence-corrected chi connectivity index (χ4v) is 4.48. The number of aryl methyl sites for hydroxylation is 2. The molecule has 1 fully saturated rings. The molecule has 6 nitrogen and oxygen atoms in total. The predicted molar refractivity (Wildman–Crippen MR) is 120 cm³/mol. The molecule has 2 aromatic rings. The second-order valence-corrected chi connectivity index (χ2v) is 9.22. The standard InChI is InChI=1S/C25H25F6N3O3/c1-15-21(16(2)37-33-15)13-34-9-8-23(32-22(34)35,17-6-4-3-5-7-17)14-36-20-11-18(24(26,27)28)10-19(12-20)25(29,30)31/h3-7,10-11,19H,8-9,12-14H2,1-2H3,(H,32,35). The highest BCUT2D eigenvalue weighted by atomic mass is 19.4. The van der Waals surface area contributed by atoms with E-state index in [1.165, 1.54) is 4.90 Å². The molecule has 1 N–H and O–H groups in total. The number of carbonyl (C=O) groups is 1. The summed E-state index contributed by atoms with van der Waals surface area (Å²) in [6.45, 7) is 3.63. The van der Waals surface area contributed by atoms with Crippen LogP contribution in [0.5, 0.6) is 0 Å². The maximum Gasteiger partial charge on any atom is 0.416 e. The number of carbonyl (C=O) groups excluding carboxylic acids is 1. The van der Waals surface area contributed by atoms with E-state index >= 15 is 0 Å². The molecule has 4 rings (SSSR count). The number of nitrogens with one attached hydrogen (secondary N) is 1. The molecule has 37 heavy (non-hydrogen) atoms. The molecule has 1 aliphatic carbocycles. The van der Waals surface area contributed by atoms with E-state index in [4.69, 9.17) is 9.26 Å². The van der Waals surface area contributed by atoms with Gasteiger partial charge in [0.1, 0.15) is 17.9 Å². The first-order valence-corrected chi connectivity index (χ1v) is 11.5. The average molecular weight is 529 g/mol. The third-order valence-corrected chi connectivity index (χ3v) is 6.67. The minimum Gasteiger partial charge on any atom is -0.495 e. The van der Waals surface area contributed by atoms with E-state index in [1.807, 2.05) is 0 Å².